The predicted molar refractivity (Wildman–Crippen MR) is 115 cm³/mol. The van der Waals surface area contributed by atoms with Crippen molar-refractivity contribution >= 4 is 6.29 Å². The molecular weight excluding hydrogens is 348 g/mol. The van der Waals surface area contributed by atoms with Crippen molar-refractivity contribution in [3.63, 3.8) is 0 Å². The fraction of sp³-hybridized carbons (Fsp3) is 0.480. The lowest BCUT2D eigenvalue weighted by atomic mass is 9.57. The van der Waals surface area contributed by atoms with Gasteiger partial charge in [0, 0.05) is 12.7 Å². The van der Waals surface area contributed by atoms with E-state index in [-0.39, 0.29) is 5.41 Å². The Kier molecular flexibility index (Phi) is 8.25. The van der Waals surface area contributed by atoms with Crippen molar-refractivity contribution in [2.45, 2.75) is 58.3 Å². The van der Waals surface area contributed by atoms with Crippen LogP contribution in [0, 0.1) is 11.8 Å². The Balaban J connectivity index is 0.00000136. The molecule has 152 valence electrons. The molecule has 3 nitrogen and oxygen atoms in total. The van der Waals surface area contributed by atoms with Crippen LogP contribution in [0.5, 0.6) is 11.5 Å². The molecule has 2 aromatic carbocycles. The Bertz CT molecular complexity index is 718. The van der Waals surface area contributed by atoms with E-state index in [2.05, 4.69) is 45.0 Å². The number of rotatable bonds is 6. The van der Waals surface area contributed by atoms with E-state index in [0.29, 0.717) is 11.5 Å². The van der Waals surface area contributed by atoms with Gasteiger partial charge in [0.2, 0.25) is 0 Å². The van der Waals surface area contributed by atoms with E-state index in [1.54, 1.807) is 12.1 Å². The summed E-state index contributed by atoms with van der Waals surface area (Å²) in [6, 6.07) is 15.9. The van der Waals surface area contributed by atoms with Gasteiger partial charge < -0.3 is 9.84 Å². The van der Waals surface area contributed by atoms with Crippen LogP contribution >= 0.6 is 0 Å². The van der Waals surface area contributed by atoms with Crippen LogP contribution in [0.3, 0.4) is 0 Å². The molecule has 3 unspecified atom stereocenters. The third-order valence-corrected chi connectivity index (χ3v) is 6.43. The first-order valence-corrected chi connectivity index (χ1v) is 10.4. The first-order chi connectivity index (χ1) is 13.6. The molecule has 3 rings (SSSR count). The second-order valence-corrected chi connectivity index (χ2v) is 7.91. The van der Waals surface area contributed by atoms with Crippen molar-refractivity contribution in [1.82, 2.24) is 0 Å². The maximum absolute atomic E-state index is 10.8. The van der Waals surface area contributed by atoms with Crippen LogP contribution in [0.2, 0.25) is 0 Å². The van der Waals surface area contributed by atoms with Crippen LogP contribution in [0.4, 0.5) is 0 Å². The number of aliphatic hydroxyl groups is 1. The van der Waals surface area contributed by atoms with E-state index < -0.39 is 0 Å². The molecule has 1 N–H and O–H groups in total. The van der Waals surface area contributed by atoms with E-state index >= 15 is 0 Å². The molecule has 28 heavy (non-hydrogen) atoms. The highest BCUT2D eigenvalue weighted by Crippen LogP contribution is 2.49. The minimum Gasteiger partial charge on any atom is -0.457 e. The smallest absolute Gasteiger partial charge is 0.150 e. The Hall–Kier alpha value is -2.13. The minimum absolute atomic E-state index is 0.248. The van der Waals surface area contributed by atoms with Crippen LogP contribution in [-0.2, 0) is 5.41 Å². The van der Waals surface area contributed by atoms with Crippen LogP contribution in [0.15, 0.2) is 48.5 Å². The molecule has 2 aromatic rings. The van der Waals surface area contributed by atoms with Crippen molar-refractivity contribution in [2.75, 3.05) is 7.11 Å². The highest BCUT2D eigenvalue weighted by Gasteiger charge is 2.42. The van der Waals surface area contributed by atoms with Crippen molar-refractivity contribution in [1.29, 1.82) is 0 Å². The lowest BCUT2D eigenvalue weighted by Gasteiger charge is -2.47. The molecule has 0 spiro atoms. The quantitative estimate of drug-likeness (QED) is 0.589. The lowest BCUT2D eigenvalue weighted by molar-refractivity contribution is 0.112. The van der Waals surface area contributed by atoms with Gasteiger partial charge >= 0.3 is 0 Å². The lowest BCUT2D eigenvalue weighted by Crippen LogP contribution is -2.41. The largest absolute Gasteiger partial charge is 0.457 e. The first-order valence-electron chi connectivity index (χ1n) is 10.4. The fourth-order valence-corrected chi connectivity index (χ4v) is 4.62. The van der Waals surface area contributed by atoms with Gasteiger partial charge in [-0.15, -0.1) is 0 Å². The minimum atomic E-state index is 0.248. The summed E-state index contributed by atoms with van der Waals surface area (Å²) in [6.45, 7) is 7.18. The number of hydrogen-bond acceptors (Lipinski definition) is 3. The Morgan fingerprint density at radius 2 is 1.61 bits per heavy atom. The maximum Gasteiger partial charge on any atom is 0.150 e. The van der Waals surface area contributed by atoms with Gasteiger partial charge in [-0.25, -0.2) is 0 Å². The molecule has 3 atom stereocenters. The molecule has 1 aliphatic rings. The maximum atomic E-state index is 10.8. The van der Waals surface area contributed by atoms with Gasteiger partial charge in [0.15, 0.2) is 0 Å². The van der Waals surface area contributed by atoms with Crippen molar-refractivity contribution in [3.8, 4) is 11.5 Å². The number of aliphatic hydroxyl groups excluding tert-OH is 1. The fourth-order valence-electron chi connectivity index (χ4n) is 4.62. The number of carbonyl (C=O) groups is 1. The van der Waals surface area contributed by atoms with Crippen LogP contribution in [0.1, 0.15) is 68.8 Å². The molecule has 1 aliphatic carbocycles. The number of ether oxygens (including phenoxy) is 1. The molecule has 0 saturated heterocycles. The summed E-state index contributed by atoms with van der Waals surface area (Å²) in [5.41, 5.74) is 2.35. The monoisotopic (exact) mass is 382 g/mol. The molecule has 1 saturated carbocycles. The third-order valence-electron chi connectivity index (χ3n) is 6.43. The topological polar surface area (TPSA) is 46.5 Å². The Morgan fingerprint density at radius 3 is 2.14 bits per heavy atom. The number of carbonyl (C=O) groups excluding carboxylic acids is 1. The Morgan fingerprint density at radius 1 is 1.04 bits per heavy atom. The second kappa shape index (κ2) is 10.4. The van der Waals surface area contributed by atoms with Crippen molar-refractivity contribution in [3.05, 3.63) is 59.7 Å². The zero-order chi connectivity index (χ0) is 20.6. The van der Waals surface area contributed by atoms with Gasteiger partial charge in [0.1, 0.15) is 17.8 Å². The average molecular weight is 383 g/mol. The van der Waals surface area contributed by atoms with Gasteiger partial charge in [-0.2, -0.15) is 0 Å². The zero-order valence-electron chi connectivity index (χ0n) is 17.7. The van der Waals surface area contributed by atoms with E-state index in [4.69, 9.17) is 9.84 Å². The van der Waals surface area contributed by atoms with Crippen molar-refractivity contribution < 1.29 is 14.6 Å². The highest BCUT2D eigenvalue weighted by molar-refractivity contribution is 5.74. The zero-order valence-corrected chi connectivity index (χ0v) is 17.7. The molecule has 0 aromatic heterocycles. The average Bonchev–Trinajstić information content (AvgIpc) is 2.74. The summed E-state index contributed by atoms with van der Waals surface area (Å²) >= 11 is 0. The highest BCUT2D eigenvalue weighted by atomic mass is 16.5. The van der Waals surface area contributed by atoms with E-state index in [1.165, 1.54) is 37.7 Å². The first kappa shape index (κ1) is 22.2. The summed E-state index contributed by atoms with van der Waals surface area (Å²) < 4.78 is 5.94. The summed E-state index contributed by atoms with van der Waals surface area (Å²) in [7, 11) is 1.00. The predicted octanol–water partition coefficient (Wildman–Crippen LogP) is 6.39. The van der Waals surface area contributed by atoms with E-state index in [1.807, 2.05) is 12.1 Å². The van der Waals surface area contributed by atoms with Gasteiger partial charge in [-0.3, -0.25) is 4.79 Å². The van der Waals surface area contributed by atoms with Crippen LogP contribution in [-0.4, -0.2) is 18.5 Å². The molecule has 0 bridgehead atoms. The third kappa shape index (κ3) is 4.82. The number of aldehydes is 1. The summed E-state index contributed by atoms with van der Waals surface area (Å²) in [4.78, 5) is 10.8. The van der Waals surface area contributed by atoms with Crippen molar-refractivity contribution in [2.24, 2.45) is 11.8 Å². The molecular formula is C25H34O3. The van der Waals surface area contributed by atoms with Crippen LogP contribution in [0.25, 0.3) is 0 Å². The summed E-state index contributed by atoms with van der Waals surface area (Å²) in [5.74, 6) is 3.06. The summed E-state index contributed by atoms with van der Waals surface area (Å²) in [6.07, 6.45) is 7.43. The van der Waals surface area contributed by atoms with E-state index in [9.17, 15) is 4.79 Å². The standard InChI is InChI=1S/C24H30O2.CH4O/c1-4-6-20-8-5-7-18(2)24(20,3)21-11-15-23(16-12-21)26-22-13-9-19(17-25)10-14-22;1-2/h9-18,20H,4-8H2,1-3H3;2H,1H3. The SMILES string of the molecule is CCCC1CCCC(C)C1(C)c1ccc(Oc2ccc(C=O)cc2)cc1.CO. The van der Waals surface area contributed by atoms with E-state index in [0.717, 1.165) is 30.8 Å². The van der Waals surface area contributed by atoms with Gasteiger partial charge in [-0.1, -0.05) is 45.7 Å². The molecule has 0 radical (unpaired) electrons. The number of hydrogen-bond donors (Lipinski definition) is 1. The molecule has 0 heterocycles. The summed E-state index contributed by atoms with van der Waals surface area (Å²) in [5, 5.41) is 7.00. The normalized spacial score (nSPS) is 24.0. The van der Waals surface area contributed by atoms with Gasteiger partial charge in [0.25, 0.3) is 0 Å². The molecule has 1 fully saturated rings. The molecule has 0 aliphatic heterocycles. The van der Waals surface area contributed by atoms with Gasteiger partial charge in [0.05, 0.1) is 0 Å². The Labute approximate surface area is 169 Å². The molecule has 0 amide bonds. The molecule has 3 heteroatoms. The van der Waals surface area contributed by atoms with Gasteiger partial charge in [-0.05, 0) is 78.5 Å². The number of benzene rings is 2. The second-order valence-electron chi connectivity index (χ2n) is 7.91. The van der Waals surface area contributed by atoms with Crippen LogP contribution < -0.4 is 4.74 Å².